The molecule has 5 atom stereocenters. The Balaban J connectivity index is 1.83. The molecule has 1 aliphatic heterocycles. The van der Waals surface area contributed by atoms with Gasteiger partial charge >= 0.3 is 12.1 Å². The topological polar surface area (TPSA) is 155 Å². The minimum Gasteiger partial charge on any atom is -0.479 e. The van der Waals surface area contributed by atoms with Crippen molar-refractivity contribution in [2.45, 2.75) is 78.4 Å². The van der Waals surface area contributed by atoms with E-state index in [2.05, 4.69) is 39.9 Å². The molecular weight excluding hydrogens is 434 g/mol. The van der Waals surface area contributed by atoms with Gasteiger partial charge in [0.05, 0.1) is 0 Å². The van der Waals surface area contributed by atoms with Gasteiger partial charge < -0.3 is 40.0 Å². The van der Waals surface area contributed by atoms with Crippen molar-refractivity contribution in [3.05, 3.63) is 29.8 Å². The molecule has 2 rings (SSSR count). The van der Waals surface area contributed by atoms with Crippen LogP contribution in [0.2, 0.25) is 0 Å². The number of aliphatic carboxylic acids is 1. The molecule has 10 heteroatoms. The van der Waals surface area contributed by atoms with Gasteiger partial charge in [-0.15, -0.1) is 0 Å². The predicted molar refractivity (Wildman–Crippen MR) is 117 cm³/mol. The zero-order valence-corrected chi connectivity index (χ0v) is 19.6. The maximum atomic E-state index is 12.0. The number of aliphatic hydroxyl groups is 3. The highest BCUT2D eigenvalue weighted by atomic mass is 16.7. The molecule has 1 aliphatic rings. The summed E-state index contributed by atoms with van der Waals surface area (Å²) >= 11 is 0. The fraction of sp³-hybridized carbons (Fsp3) is 0.652. The number of carboxylic acids is 1. The molecular formula is C23H35NO9. The van der Waals surface area contributed by atoms with Gasteiger partial charge in [0.2, 0.25) is 6.29 Å². The van der Waals surface area contributed by atoms with Gasteiger partial charge in [-0.1, -0.05) is 46.8 Å². The van der Waals surface area contributed by atoms with Crippen LogP contribution < -0.4 is 10.1 Å². The third kappa shape index (κ3) is 7.04. The first kappa shape index (κ1) is 26.8. The molecule has 1 fully saturated rings. The third-order valence-electron chi connectivity index (χ3n) is 6.41. The summed E-state index contributed by atoms with van der Waals surface area (Å²) in [5.74, 6) is -1.26. The number of ether oxygens (including phenoxy) is 3. The number of aliphatic hydroxyl groups excluding tert-OH is 3. The Morgan fingerprint density at radius 2 is 1.61 bits per heavy atom. The van der Waals surface area contributed by atoms with E-state index in [-0.39, 0.29) is 23.2 Å². The highest BCUT2D eigenvalue weighted by molar-refractivity contribution is 5.73. The van der Waals surface area contributed by atoms with E-state index in [0.29, 0.717) is 12.1 Å². The summed E-state index contributed by atoms with van der Waals surface area (Å²) in [6.45, 7) is 11.3. The second-order valence-electron chi connectivity index (χ2n) is 9.88. The Labute approximate surface area is 193 Å². The van der Waals surface area contributed by atoms with E-state index >= 15 is 0 Å². The number of nitrogens with one attached hydrogen (secondary N) is 1. The second kappa shape index (κ2) is 10.7. The smallest absolute Gasteiger partial charge is 0.407 e. The molecule has 0 aliphatic carbocycles. The summed E-state index contributed by atoms with van der Waals surface area (Å²) in [5.41, 5.74) is 0.828. The molecule has 1 amide bonds. The molecule has 0 spiro atoms. The van der Waals surface area contributed by atoms with Crippen LogP contribution in [0.3, 0.4) is 0 Å². The van der Waals surface area contributed by atoms with Gasteiger partial charge in [-0.3, -0.25) is 0 Å². The van der Waals surface area contributed by atoms with Gasteiger partial charge in [0.1, 0.15) is 30.7 Å². The Morgan fingerprint density at radius 1 is 1.00 bits per heavy atom. The van der Waals surface area contributed by atoms with E-state index in [1.807, 2.05) is 0 Å². The first-order chi connectivity index (χ1) is 15.2. The minimum atomic E-state index is -1.79. The van der Waals surface area contributed by atoms with Crippen LogP contribution in [0.4, 0.5) is 4.79 Å². The highest BCUT2D eigenvalue weighted by Gasteiger charge is 2.48. The Hall–Kier alpha value is -2.40. The lowest BCUT2D eigenvalue weighted by atomic mass is 9.67. The zero-order chi connectivity index (χ0) is 25.0. The first-order valence-electron chi connectivity index (χ1n) is 10.8. The zero-order valence-electron chi connectivity index (χ0n) is 19.6. The van der Waals surface area contributed by atoms with Gasteiger partial charge in [0.15, 0.2) is 6.10 Å². The van der Waals surface area contributed by atoms with Crippen molar-refractivity contribution in [1.82, 2.24) is 5.32 Å². The maximum absolute atomic E-state index is 12.0. The van der Waals surface area contributed by atoms with E-state index in [9.17, 15) is 24.9 Å². The second-order valence-corrected chi connectivity index (χ2v) is 9.88. The first-order valence-corrected chi connectivity index (χ1v) is 10.8. The summed E-state index contributed by atoms with van der Waals surface area (Å²) < 4.78 is 15.7. The number of rotatable bonds is 8. The van der Waals surface area contributed by atoms with Crippen LogP contribution in [0, 0.1) is 10.8 Å². The summed E-state index contributed by atoms with van der Waals surface area (Å²) in [5, 5.41) is 41.4. The average molecular weight is 470 g/mol. The molecule has 0 radical (unpaired) electrons. The van der Waals surface area contributed by atoms with Crippen LogP contribution in [-0.2, 0) is 20.9 Å². The molecule has 1 aromatic rings. The Morgan fingerprint density at radius 3 is 2.15 bits per heavy atom. The number of carboxylic acid groups (broad SMARTS) is 1. The maximum Gasteiger partial charge on any atom is 0.407 e. The molecule has 1 heterocycles. The van der Waals surface area contributed by atoms with Gasteiger partial charge in [0, 0.05) is 6.54 Å². The van der Waals surface area contributed by atoms with Crippen molar-refractivity contribution in [3.63, 3.8) is 0 Å². The number of carbonyl (C=O) groups excluding carboxylic acids is 1. The molecule has 5 N–H and O–H groups in total. The lowest BCUT2D eigenvalue weighted by Crippen LogP contribution is -2.61. The summed E-state index contributed by atoms with van der Waals surface area (Å²) in [6, 6.07) is 6.29. The predicted octanol–water partition coefficient (Wildman–Crippen LogP) is 1.65. The van der Waals surface area contributed by atoms with Gasteiger partial charge in [0.25, 0.3) is 0 Å². The van der Waals surface area contributed by atoms with Crippen LogP contribution in [0.25, 0.3) is 0 Å². The quantitative estimate of drug-likeness (QED) is 0.382. The van der Waals surface area contributed by atoms with E-state index < -0.39 is 42.8 Å². The lowest BCUT2D eigenvalue weighted by Gasteiger charge is -2.39. The molecule has 33 heavy (non-hydrogen) atoms. The molecule has 1 saturated heterocycles. The number of carbonyl (C=O) groups is 2. The van der Waals surface area contributed by atoms with Crippen LogP contribution in [0.5, 0.6) is 5.75 Å². The molecule has 10 nitrogen and oxygen atoms in total. The number of amides is 1. The molecule has 0 saturated carbocycles. The monoisotopic (exact) mass is 469 g/mol. The van der Waals surface area contributed by atoms with E-state index in [1.165, 1.54) is 12.1 Å². The van der Waals surface area contributed by atoms with Gasteiger partial charge in [-0.25, -0.2) is 9.59 Å². The fourth-order valence-corrected chi connectivity index (χ4v) is 3.00. The lowest BCUT2D eigenvalue weighted by molar-refractivity contribution is -0.271. The SMILES string of the molecule is CC(C)(C)C(C)(C)CCNC(=O)OCc1ccc(OC2O[C@H](C(=O)O)[C@@H](O)[C@H](O)[C@H]2O)cc1. The normalized spacial score (nSPS) is 25.9. The van der Waals surface area contributed by atoms with Crippen molar-refractivity contribution in [2.75, 3.05) is 6.54 Å². The van der Waals surface area contributed by atoms with Crippen LogP contribution in [0.1, 0.15) is 46.6 Å². The molecule has 0 bridgehead atoms. The molecule has 0 aromatic heterocycles. The average Bonchev–Trinajstić information content (AvgIpc) is 2.72. The number of hydrogen-bond acceptors (Lipinski definition) is 8. The van der Waals surface area contributed by atoms with Crippen molar-refractivity contribution >= 4 is 12.1 Å². The largest absolute Gasteiger partial charge is 0.479 e. The minimum absolute atomic E-state index is 0.0311. The van der Waals surface area contributed by atoms with Gasteiger partial charge in [-0.2, -0.15) is 0 Å². The summed E-state index contributed by atoms with van der Waals surface area (Å²) in [6.07, 6.45) is -8.13. The third-order valence-corrected chi connectivity index (χ3v) is 6.41. The van der Waals surface area contributed by atoms with E-state index in [0.717, 1.165) is 6.42 Å². The Bertz CT molecular complexity index is 803. The summed E-state index contributed by atoms with van der Waals surface area (Å²) in [7, 11) is 0. The van der Waals surface area contributed by atoms with Crippen molar-refractivity contribution < 1.29 is 44.2 Å². The molecule has 186 valence electrons. The Kier molecular flexibility index (Phi) is 8.69. The standard InChI is InChI=1S/C23H35NO9/c1-22(2,3)23(4,5)10-11-24-21(30)31-12-13-6-8-14(9-7-13)32-20-17(27)15(25)16(26)18(33-20)19(28)29/h6-9,15-18,20,25-27H,10-12H2,1-5H3,(H,24,30)(H,28,29)/t15-,16-,17+,18-,20?/m0/s1. The van der Waals surface area contributed by atoms with Gasteiger partial charge in [-0.05, 0) is 34.9 Å². The molecule has 1 aromatic carbocycles. The van der Waals surface area contributed by atoms with E-state index in [4.69, 9.17) is 19.3 Å². The van der Waals surface area contributed by atoms with Crippen molar-refractivity contribution in [2.24, 2.45) is 10.8 Å². The summed E-state index contributed by atoms with van der Waals surface area (Å²) in [4.78, 5) is 23.1. The van der Waals surface area contributed by atoms with Crippen molar-refractivity contribution in [3.8, 4) is 5.75 Å². The van der Waals surface area contributed by atoms with Crippen LogP contribution in [0.15, 0.2) is 24.3 Å². The highest BCUT2D eigenvalue weighted by Crippen LogP contribution is 2.40. The van der Waals surface area contributed by atoms with E-state index in [1.54, 1.807) is 12.1 Å². The van der Waals surface area contributed by atoms with Crippen LogP contribution >= 0.6 is 0 Å². The molecule has 1 unspecified atom stereocenters. The fourth-order valence-electron chi connectivity index (χ4n) is 3.00. The van der Waals surface area contributed by atoms with Crippen molar-refractivity contribution in [1.29, 1.82) is 0 Å². The number of alkyl carbamates (subject to hydrolysis) is 1. The van der Waals surface area contributed by atoms with Crippen LogP contribution in [-0.4, -0.2) is 69.7 Å². The number of benzene rings is 1. The number of hydrogen-bond donors (Lipinski definition) is 5.